The van der Waals surface area contributed by atoms with Gasteiger partial charge in [0.2, 0.25) is 21.8 Å². The first-order chi connectivity index (χ1) is 25.7. The summed E-state index contributed by atoms with van der Waals surface area (Å²) in [6, 6.07) is 3.88. The third kappa shape index (κ3) is 7.97. The molecule has 3 saturated carbocycles. The zero-order valence-corrected chi connectivity index (χ0v) is 32.1. The van der Waals surface area contributed by atoms with E-state index in [9.17, 15) is 32.4 Å². The highest BCUT2D eigenvalue weighted by Crippen LogP contribution is 2.45. The zero-order chi connectivity index (χ0) is 38.4. The minimum Gasteiger partial charge on any atom is -0.444 e. The number of amides is 5. The van der Waals surface area contributed by atoms with Crippen LogP contribution in [0.4, 0.5) is 9.59 Å². The number of hydrogen-bond donors (Lipinski definition) is 3. The third-order valence-electron chi connectivity index (χ3n) is 12.2. The fourth-order valence-electron chi connectivity index (χ4n) is 8.82. The van der Waals surface area contributed by atoms with Crippen molar-refractivity contribution in [2.45, 2.75) is 145 Å². The molecular formula is C39H53N5O9S. The molecule has 7 rings (SSSR count). The van der Waals surface area contributed by atoms with Gasteiger partial charge < -0.3 is 25.0 Å². The first-order valence-corrected chi connectivity index (χ1v) is 21.1. The lowest BCUT2D eigenvalue weighted by Crippen LogP contribution is -2.59. The van der Waals surface area contributed by atoms with Crippen molar-refractivity contribution in [2.75, 3.05) is 6.54 Å². The lowest BCUT2D eigenvalue weighted by atomic mass is 9.83. The Balaban J connectivity index is 1.18. The van der Waals surface area contributed by atoms with Gasteiger partial charge in [-0.3, -0.25) is 24.0 Å². The molecule has 294 valence electrons. The summed E-state index contributed by atoms with van der Waals surface area (Å²) in [5.74, 6) is -2.77. The normalized spacial score (nSPS) is 30.5. The minimum absolute atomic E-state index is 0.0545. The van der Waals surface area contributed by atoms with Crippen molar-refractivity contribution >= 4 is 39.9 Å². The van der Waals surface area contributed by atoms with Gasteiger partial charge in [-0.15, -0.1) is 6.58 Å². The number of hydrogen-bond acceptors (Lipinski definition) is 9. The highest BCUT2D eigenvalue weighted by molar-refractivity contribution is 7.91. The molecule has 5 atom stereocenters. The number of sulfonamides is 1. The molecule has 3 aliphatic heterocycles. The van der Waals surface area contributed by atoms with Crippen LogP contribution in [-0.4, -0.2) is 89.2 Å². The van der Waals surface area contributed by atoms with Crippen molar-refractivity contribution in [3.63, 3.8) is 0 Å². The van der Waals surface area contributed by atoms with E-state index in [4.69, 9.17) is 9.47 Å². The maximum Gasteiger partial charge on any atom is 0.410 e. The number of carbonyl (C=O) groups is 5. The van der Waals surface area contributed by atoms with E-state index in [2.05, 4.69) is 28.0 Å². The monoisotopic (exact) mass is 767 g/mol. The lowest BCUT2D eigenvalue weighted by Gasteiger charge is -2.35. The highest BCUT2D eigenvalue weighted by atomic mass is 32.2. The van der Waals surface area contributed by atoms with Crippen molar-refractivity contribution < 1.29 is 41.9 Å². The number of nitrogens with zero attached hydrogens (tertiary/aromatic N) is 2. The lowest BCUT2D eigenvalue weighted by molar-refractivity contribution is -0.142. The SMILES string of the molecule is C=C[C@@H]1C[C@]1(NC(=O)[C@@H]1C[C@@H]2CN1C(=O)[C@H](C1CCCCC1)NC(=O)OC(C)(C)CCCCc1cccc3c1CN(C3)C(=O)O2)C(=O)NS(=O)(=O)C1CC1. The van der Waals surface area contributed by atoms with Gasteiger partial charge in [0.25, 0.3) is 5.91 Å². The summed E-state index contributed by atoms with van der Waals surface area (Å²) in [6.45, 7) is 8.14. The number of alkyl carbamates (subject to hydrolysis) is 1. The fourth-order valence-corrected chi connectivity index (χ4v) is 10.2. The van der Waals surface area contributed by atoms with E-state index in [1.807, 2.05) is 26.0 Å². The van der Waals surface area contributed by atoms with Crippen LogP contribution in [0.3, 0.4) is 0 Å². The van der Waals surface area contributed by atoms with Gasteiger partial charge in [0.15, 0.2) is 0 Å². The van der Waals surface area contributed by atoms with E-state index < -0.39 is 80.4 Å². The molecule has 0 aromatic heterocycles. The van der Waals surface area contributed by atoms with Gasteiger partial charge in [0, 0.05) is 25.4 Å². The molecule has 3 aliphatic carbocycles. The summed E-state index contributed by atoms with van der Waals surface area (Å²) < 4.78 is 39.6. The molecule has 0 spiro atoms. The Hall–Kier alpha value is -4.14. The molecule has 6 aliphatic rings. The summed E-state index contributed by atoms with van der Waals surface area (Å²) in [5, 5.41) is 5.02. The van der Waals surface area contributed by atoms with Crippen LogP contribution < -0.4 is 15.4 Å². The predicted molar refractivity (Wildman–Crippen MR) is 197 cm³/mol. The second-order valence-corrected chi connectivity index (χ2v) is 18.7. The number of cyclic esters (lactones) is 1. The smallest absolute Gasteiger partial charge is 0.410 e. The van der Waals surface area contributed by atoms with Crippen LogP contribution in [-0.2, 0) is 53.4 Å². The first kappa shape index (κ1) is 38.1. The highest BCUT2D eigenvalue weighted by Gasteiger charge is 2.62. The molecule has 1 aromatic carbocycles. The van der Waals surface area contributed by atoms with Crippen molar-refractivity contribution in [3.8, 4) is 0 Å². The van der Waals surface area contributed by atoms with Gasteiger partial charge in [0.05, 0.1) is 11.8 Å². The molecule has 1 aromatic rings. The van der Waals surface area contributed by atoms with Crippen LogP contribution in [0, 0.1) is 11.8 Å². The topological polar surface area (TPSA) is 181 Å². The van der Waals surface area contributed by atoms with Crippen LogP contribution in [0.5, 0.6) is 0 Å². The van der Waals surface area contributed by atoms with Gasteiger partial charge in [-0.1, -0.05) is 43.5 Å². The number of carbonyl (C=O) groups excluding carboxylic acids is 5. The van der Waals surface area contributed by atoms with E-state index in [1.54, 1.807) is 4.90 Å². The molecule has 5 amide bonds. The Morgan fingerprint density at radius 2 is 1.74 bits per heavy atom. The van der Waals surface area contributed by atoms with Gasteiger partial charge in [0.1, 0.15) is 29.3 Å². The quantitative estimate of drug-likeness (QED) is 0.346. The molecule has 0 radical (unpaired) electrons. The van der Waals surface area contributed by atoms with Gasteiger partial charge in [-0.25, -0.2) is 18.0 Å². The fraction of sp³-hybridized carbons (Fsp3) is 0.667. The molecule has 1 saturated heterocycles. The maximum absolute atomic E-state index is 14.7. The van der Waals surface area contributed by atoms with Crippen molar-refractivity contribution in [1.29, 1.82) is 0 Å². The number of fused-ring (bicyclic) bond motifs is 3. The Morgan fingerprint density at radius 1 is 1.00 bits per heavy atom. The average Bonchev–Trinajstić information content (AvgIpc) is 4.02. The second-order valence-electron chi connectivity index (χ2n) is 16.7. The van der Waals surface area contributed by atoms with Crippen LogP contribution in [0.25, 0.3) is 0 Å². The summed E-state index contributed by atoms with van der Waals surface area (Å²) in [5.41, 5.74) is 0.917. The zero-order valence-electron chi connectivity index (χ0n) is 31.3. The molecule has 54 heavy (non-hydrogen) atoms. The summed E-state index contributed by atoms with van der Waals surface area (Å²) >= 11 is 0. The van der Waals surface area contributed by atoms with Crippen LogP contribution in [0.1, 0.15) is 108 Å². The van der Waals surface area contributed by atoms with Crippen LogP contribution in [0.15, 0.2) is 30.9 Å². The Morgan fingerprint density at radius 3 is 2.44 bits per heavy atom. The molecular weight excluding hydrogens is 715 g/mol. The van der Waals surface area contributed by atoms with E-state index in [0.29, 0.717) is 45.2 Å². The Kier molecular flexibility index (Phi) is 10.5. The molecule has 15 heteroatoms. The average molecular weight is 768 g/mol. The van der Waals surface area contributed by atoms with E-state index >= 15 is 0 Å². The maximum atomic E-state index is 14.7. The second kappa shape index (κ2) is 14.8. The summed E-state index contributed by atoms with van der Waals surface area (Å²) in [7, 11) is -3.91. The minimum atomic E-state index is -3.91. The van der Waals surface area contributed by atoms with Gasteiger partial charge in [-0.2, -0.15) is 0 Å². The Bertz CT molecular complexity index is 1810. The standard InChI is InChI=1S/C39H53N5O9S/c1-4-27-20-39(27,35(47)42-54(50,51)29-16-17-29)41-33(45)31-19-28-22-44(31)34(46)32(25-12-6-5-7-13-25)40-36(48)53-38(2,3)18-9-8-11-24-14-10-15-26-21-43(23-30(24)26)37(49)52-28/h4,10,14-15,25,27-29,31-32H,1,5-9,11-13,16-23H2,2-3H3,(H,40,48)(H,41,45)(H,42,47)/t27-,28-,31+,32+,39-/m1/s1. The number of ether oxygens (including phenoxy) is 2. The number of aryl methyl sites for hydroxylation is 1. The molecule has 4 fully saturated rings. The van der Waals surface area contributed by atoms with E-state index in [-0.39, 0.29) is 25.3 Å². The van der Waals surface area contributed by atoms with Gasteiger partial charge >= 0.3 is 12.2 Å². The molecule has 0 unspecified atom stereocenters. The molecule has 3 heterocycles. The van der Waals surface area contributed by atoms with E-state index in [0.717, 1.165) is 55.2 Å². The Labute approximate surface area is 317 Å². The third-order valence-corrected chi connectivity index (χ3v) is 14.0. The van der Waals surface area contributed by atoms with Gasteiger partial charge in [-0.05, 0) is 94.2 Å². The molecule has 14 nitrogen and oxygen atoms in total. The predicted octanol–water partition coefficient (Wildman–Crippen LogP) is 3.96. The first-order valence-electron chi connectivity index (χ1n) is 19.6. The number of nitrogens with one attached hydrogen (secondary N) is 3. The molecule has 4 bridgehead atoms. The van der Waals surface area contributed by atoms with E-state index in [1.165, 1.54) is 11.0 Å². The number of rotatable bonds is 7. The van der Waals surface area contributed by atoms with Crippen molar-refractivity contribution in [1.82, 2.24) is 25.2 Å². The largest absolute Gasteiger partial charge is 0.444 e. The number of benzene rings is 1. The summed E-state index contributed by atoms with van der Waals surface area (Å²) in [6.07, 6.45) is 7.58. The summed E-state index contributed by atoms with van der Waals surface area (Å²) in [4.78, 5) is 72.8. The van der Waals surface area contributed by atoms with Crippen molar-refractivity contribution in [2.24, 2.45) is 11.8 Å². The van der Waals surface area contributed by atoms with Crippen LogP contribution in [0.2, 0.25) is 0 Å². The van der Waals surface area contributed by atoms with Crippen molar-refractivity contribution in [3.05, 3.63) is 47.5 Å². The molecule has 3 N–H and O–H groups in total. The van der Waals surface area contributed by atoms with Crippen LogP contribution >= 0.6 is 0 Å².